The standard InChI is InChI=1S/C17H24N2O2.C3H8/c1-4-16(7-8-20)19-17(21)14-6-5-13(9-12(2)3)15(10-14)11-18;1-3-2/h5-6,10,12,16,20H,4,7-9H2,1-3H3,(H,19,21);3H2,1-2H3/t16-;/m0./s1. The number of nitrogens with one attached hydrogen (secondary N) is 1. The van der Waals surface area contributed by atoms with Crippen LogP contribution >= 0.6 is 0 Å². The average Bonchev–Trinajstić information content (AvgIpc) is 2.54. The Hall–Kier alpha value is -1.86. The van der Waals surface area contributed by atoms with Crippen molar-refractivity contribution in [1.29, 1.82) is 5.26 Å². The van der Waals surface area contributed by atoms with E-state index in [4.69, 9.17) is 5.11 Å². The van der Waals surface area contributed by atoms with E-state index in [9.17, 15) is 10.1 Å². The van der Waals surface area contributed by atoms with Crippen molar-refractivity contribution in [2.24, 2.45) is 5.92 Å². The fourth-order valence-electron chi connectivity index (χ4n) is 2.24. The molecule has 24 heavy (non-hydrogen) atoms. The second-order valence-corrected chi connectivity index (χ2v) is 6.38. The van der Waals surface area contributed by atoms with Gasteiger partial charge in [-0.3, -0.25) is 4.79 Å². The first kappa shape index (κ1) is 22.1. The van der Waals surface area contributed by atoms with Crippen molar-refractivity contribution in [3.63, 3.8) is 0 Å². The van der Waals surface area contributed by atoms with Crippen molar-refractivity contribution in [2.45, 2.75) is 66.3 Å². The highest BCUT2D eigenvalue weighted by Gasteiger charge is 2.14. The number of carbonyl (C=O) groups excluding carboxylic acids is 1. The minimum atomic E-state index is -0.192. The Labute approximate surface area is 146 Å². The zero-order chi connectivity index (χ0) is 18.5. The summed E-state index contributed by atoms with van der Waals surface area (Å²) in [4.78, 5) is 12.2. The molecule has 0 aliphatic carbocycles. The Kier molecular flexibility index (Phi) is 11.6. The molecule has 0 saturated carbocycles. The summed E-state index contributed by atoms with van der Waals surface area (Å²) in [6.07, 6.45) is 3.38. The first-order valence-corrected chi connectivity index (χ1v) is 8.87. The summed E-state index contributed by atoms with van der Waals surface area (Å²) < 4.78 is 0. The number of nitriles is 1. The summed E-state index contributed by atoms with van der Waals surface area (Å²) in [6.45, 7) is 10.5. The lowest BCUT2D eigenvalue weighted by atomic mass is 9.96. The van der Waals surface area contributed by atoms with E-state index in [1.807, 2.05) is 13.0 Å². The number of hydrogen-bond donors (Lipinski definition) is 2. The van der Waals surface area contributed by atoms with Gasteiger partial charge >= 0.3 is 0 Å². The van der Waals surface area contributed by atoms with Crippen LogP contribution in [0.4, 0.5) is 0 Å². The van der Waals surface area contributed by atoms with Gasteiger partial charge in [-0.2, -0.15) is 5.26 Å². The Bertz CT molecular complexity index is 533. The summed E-state index contributed by atoms with van der Waals surface area (Å²) in [6, 6.07) is 7.41. The van der Waals surface area contributed by atoms with E-state index < -0.39 is 0 Å². The number of amides is 1. The molecule has 0 radical (unpaired) electrons. The monoisotopic (exact) mass is 332 g/mol. The van der Waals surface area contributed by atoms with E-state index in [0.29, 0.717) is 23.5 Å². The predicted octanol–water partition coefficient (Wildman–Crippen LogP) is 4.06. The molecular formula is C20H32N2O2. The molecule has 0 heterocycles. The summed E-state index contributed by atoms with van der Waals surface area (Å²) in [5.74, 6) is 0.272. The van der Waals surface area contributed by atoms with Gasteiger partial charge in [0.25, 0.3) is 5.91 Å². The largest absolute Gasteiger partial charge is 0.396 e. The number of carbonyl (C=O) groups is 1. The van der Waals surface area contributed by atoms with Crippen molar-refractivity contribution < 1.29 is 9.90 Å². The molecule has 1 atom stereocenters. The molecule has 1 rings (SSSR count). The van der Waals surface area contributed by atoms with Gasteiger partial charge in [-0.05, 0) is 42.9 Å². The third kappa shape index (κ3) is 8.12. The normalized spacial score (nSPS) is 11.2. The summed E-state index contributed by atoms with van der Waals surface area (Å²) >= 11 is 0. The molecular weight excluding hydrogens is 300 g/mol. The van der Waals surface area contributed by atoms with Gasteiger partial charge in [0, 0.05) is 18.2 Å². The number of hydrogen-bond acceptors (Lipinski definition) is 3. The van der Waals surface area contributed by atoms with Gasteiger partial charge in [-0.1, -0.05) is 47.1 Å². The van der Waals surface area contributed by atoms with Crippen LogP contribution in [-0.2, 0) is 6.42 Å². The Morgan fingerprint density at radius 1 is 1.29 bits per heavy atom. The fraction of sp³-hybridized carbons (Fsp3) is 0.600. The third-order valence-electron chi connectivity index (χ3n) is 3.43. The van der Waals surface area contributed by atoms with Crippen molar-refractivity contribution in [2.75, 3.05) is 6.61 Å². The second kappa shape index (κ2) is 12.5. The lowest BCUT2D eigenvalue weighted by molar-refractivity contribution is 0.0929. The molecule has 4 heteroatoms. The lowest BCUT2D eigenvalue weighted by Crippen LogP contribution is -2.35. The summed E-state index contributed by atoms with van der Waals surface area (Å²) in [7, 11) is 0. The SMILES string of the molecule is CCC.CC[C@@H](CCO)NC(=O)c1ccc(CC(C)C)c(C#N)c1. The molecule has 0 bridgehead atoms. The van der Waals surface area contributed by atoms with Gasteiger partial charge in [-0.15, -0.1) is 0 Å². The highest BCUT2D eigenvalue weighted by molar-refractivity contribution is 5.94. The first-order valence-electron chi connectivity index (χ1n) is 8.87. The summed E-state index contributed by atoms with van der Waals surface area (Å²) in [5.41, 5.74) is 2.04. The van der Waals surface area contributed by atoms with Crippen LogP contribution in [0, 0.1) is 17.2 Å². The number of rotatable bonds is 7. The molecule has 0 unspecified atom stereocenters. The van der Waals surface area contributed by atoms with Crippen LogP contribution in [0.2, 0.25) is 0 Å². The predicted molar refractivity (Wildman–Crippen MR) is 98.9 cm³/mol. The number of aliphatic hydroxyl groups is 1. The molecule has 2 N–H and O–H groups in total. The quantitative estimate of drug-likeness (QED) is 0.790. The molecule has 0 saturated heterocycles. The Morgan fingerprint density at radius 2 is 1.92 bits per heavy atom. The maximum atomic E-state index is 12.2. The van der Waals surface area contributed by atoms with Gasteiger partial charge in [-0.25, -0.2) is 0 Å². The van der Waals surface area contributed by atoms with Crippen molar-refractivity contribution in [3.05, 3.63) is 34.9 Å². The van der Waals surface area contributed by atoms with Crippen LogP contribution in [-0.4, -0.2) is 23.7 Å². The van der Waals surface area contributed by atoms with Crippen molar-refractivity contribution in [1.82, 2.24) is 5.32 Å². The topological polar surface area (TPSA) is 73.1 Å². The van der Waals surface area contributed by atoms with E-state index in [1.165, 1.54) is 6.42 Å². The highest BCUT2D eigenvalue weighted by atomic mass is 16.3. The molecule has 1 amide bonds. The van der Waals surface area contributed by atoms with E-state index in [2.05, 4.69) is 39.1 Å². The van der Waals surface area contributed by atoms with E-state index in [0.717, 1.165) is 18.4 Å². The van der Waals surface area contributed by atoms with E-state index in [1.54, 1.807) is 12.1 Å². The van der Waals surface area contributed by atoms with Crippen molar-refractivity contribution >= 4 is 5.91 Å². The molecule has 0 fully saturated rings. The van der Waals surface area contributed by atoms with Gasteiger partial charge in [0.15, 0.2) is 0 Å². The Balaban J connectivity index is 0.00000163. The van der Waals surface area contributed by atoms with Crippen LogP contribution in [0.1, 0.15) is 75.4 Å². The second-order valence-electron chi connectivity index (χ2n) is 6.38. The van der Waals surface area contributed by atoms with Crippen LogP contribution in [0.5, 0.6) is 0 Å². The van der Waals surface area contributed by atoms with Gasteiger partial charge in [0.1, 0.15) is 0 Å². The van der Waals surface area contributed by atoms with Gasteiger partial charge < -0.3 is 10.4 Å². The maximum Gasteiger partial charge on any atom is 0.251 e. The zero-order valence-electron chi connectivity index (χ0n) is 15.7. The third-order valence-corrected chi connectivity index (χ3v) is 3.43. The van der Waals surface area contributed by atoms with Crippen LogP contribution < -0.4 is 5.32 Å². The van der Waals surface area contributed by atoms with E-state index >= 15 is 0 Å². The zero-order valence-corrected chi connectivity index (χ0v) is 15.7. The molecule has 0 aromatic heterocycles. The molecule has 4 nitrogen and oxygen atoms in total. The number of benzene rings is 1. The van der Waals surface area contributed by atoms with Crippen LogP contribution in [0.3, 0.4) is 0 Å². The molecule has 0 spiro atoms. The maximum absolute atomic E-state index is 12.2. The van der Waals surface area contributed by atoms with E-state index in [-0.39, 0.29) is 18.6 Å². The highest BCUT2D eigenvalue weighted by Crippen LogP contribution is 2.16. The van der Waals surface area contributed by atoms with Crippen LogP contribution in [0.15, 0.2) is 18.2 Å². The average molecular weight is 332 g/mol. The lowest BCUT2D eigenvalue weighted by Gasteiger charge is -2.16. The minimum Gasteiger partial charge on any atom is -0.396 e. The molecule has 1 aromatic rings. The van der Waals surface area contributed by atoms with Gasteiger partial charge in [0.2, 0.25) is 0 Å². The number of nitrogens with zero attached hydrogens (tertiary/aromatic N) is 1. The first-order chi connectivity index (χ1) is 11.4. The summed E-state index contributed by atoms with van der Waals surface area (Å²) in [5, 5.41) is 21.1. The molecule has 0 aliphatic heterocycles. The molecule has 1 aromatic carbocycles. The van der Waals surface area contributed by atoms with Crippen LogP contribution in [0.25, 0.3) is 0 Å². The smallest absolute Gasteiger partial charge is 0.251 e. The number of aliphatic hydroxyl groups excluding tert-OH is 1. The Morgan fingerprint density at radius 3 is 2.38 bits per heavy atom. The molecule has 134 valence electrons. The van der Waals surface area contributed by atoms with Crippen molar-refractivity contribution in [3.8, 4) is 6.07 Å². The van der Waals surface area contributed by atoms with Gasteiger partial charge in [0.05, 0.1) is 11.6 Å². The minimum absolute atomic E-state index is 0.0385. The fourth-order valence-corrected chi connectivity index (χ4v) is 2.24. The molecule has 0 aliphatic rings.